The fraction of sp³-hybridized carbons (Fsp3) is 0.176. The molecule has 0 aliphatic carbocycles. The van der Waals surface area contributed by atoms with Gasteiger partial charge in [0, 0.05) is 11.1 Å². The maximum atomic E-state index is 12.5. The summed E-state index contributed by atoms with van der Waals surface area (Å²) < 4.78 is 16.1. The maximum Gasteiger partial charge on any atom is 0.234 e. The van der Waals surface area contributed by atoms with E-state index in [4.69, 9.17) is 14.2 Å². The van der Waals surface area contributed by atoms with E-state index in [0.29, 0.717) is 20.8 Å². The fourth-order valence-electron chi connectivity index (χ4n) is 2.08. The molecule has 0 spiro atoms. The second kappa shape index (κ2) is 7.45. The smallest absolute Gasteiger partial charge is 0.234 e. The monoisotopic (exact) mass is 426 g/mol. The first-order valence-electron chi connectivity index (χ1n) is 6.67. The first-order chi connectivity index (χ1) is 11.0. The Morgan fingerprint density at radius 2 is 1.65 bits per heavy atom. The van der Waals surface area contributed by atoms with Crippen LogP contribution >= 0.6 is 22.6 Å². The van der Waals surface area contributed by atoms with E-state index in [2.05, 4.69) is 0 Å². The summed E-state index contributed by atoms with van der Waals surface area (Å²) in [6, 6.07) is 9.65. The topological polar surface area (TPSA) is 61.8 Å². The average Bonchev–Trinajstić information content (AvgIpc) is 2.60. The lowest BCUT2D eigenvalue weighted by Crippen LogP contribution is -2.16. The van der Waals surface area contributed by atoms with Crippen LogP contribution in [0, 0.1) is 3.57 Å². The van der Waals surface area contributed by atoms with Crippen LogP contribution in [-0.4, -0.2) is 32.9 Å². The van der Waals surface area contributed by atoms with E-state index in [1.165, 1.54) is 27.4 Å². The Morgan fingerprint density at radius 3 is 2.26 bits per heavy atom. The Kier molecular flexibility index (Phi) is 5.59. The van der Waals surface area contributed by atoms with Crippen LogP contribution in [0.4, 0.5) is 0 Å². The zero-order valence-corrected chi connectivity index (χ0v) is 15.0. The standard InChI is InChI=1S/C17H15IO5/c1-21-11-6-4-5-10(9-11)15(19)16(20)12-7-8-13(22-2)17(23-3)14(12)18/h4-9H,1-3H3. The number of hydrogen-bond donors (Lipinski definition) is 0. The molecule has 0 aliphatic heterocycles. The summed E-state index contributed by atoms with van der Waals surface area (Å²) in [7, 11) is 4.50. The Balaban J connectivity index is 2.42. The van der Waals surface area contributed by atoms with Crippen LogP contribution in [0.2, 0.25) is 0 Å². The van der Waals surface area contributed by atoms with Gasteiger partial charge >= 0.3 is 0 Å². The third-order valence-corrected chi connectivity index (χ3v) is 4.34. The van der Waals surface area contributed by atoms with Crippen LogP contribution in [0.5, 0.6) is 17.2 Å². The van der Waals surface area contributed by atoms with Gasteiger partial charge in [0.15, 0.2) is 11.5 Å². The van der Waals surface area contributed by atoms with Crippen molar-refractivity contribution in [2.45, 2.75) is 0 Å². The van der Waals surface area contributed by atoms with Crippen molar-refractivity contribution in [1.82, 2.24) is 0 Å². The van der Waals surface area contributed by atoms with Gasteiger partial charge in [0.1, 0.15) is 5.75 Å². The van der Waals surface area contributed by atoms with Gasteiger partial charge in [-0.15, -0.1) is 0 Å². The number of carbonyl (C=O) groups excluding carboxylic acids is 2. The SMILES string of the molecule is COc1cccc(C(=O)C(=O)c2ccc(OC)c(OC)c2I)c1. The summed E-state index contributed by atoms with van der Waals surface area (Å²) in [5, 5.41) is 0. The van der Waals surface area contributed by atoms with Crippen LogP contribution in [0.3, 0.4) is 0 Å². The third-order valence-electron chi connectivity index (χ3n) is 3.27. The molecule has 5 nitrogen and oxygen atoms in total. The maximum absolute atomic E-state index is 12.5. The van der Waals surface area contributed by atoms with Gasteiger partial charge in [-0.05, 0) is 46.9 Å². The minimum atomic E-state index is -0.608. The van der Waals surface area contributed by atoms with Gasteiger partial charge in [-0.25, -0.2) is 0 Å². The van der Waals surface area contributed by atoms with Gasteiger partial charge in [0.25, 0.3) is 0 Å². The van der Waals surface area contributed by atoms with Crippen molar-refractivity contribution in [2.24, 2.45) is 0 Å². The quantitative estimate of drug-likeness (QED) is 0.403. The summed E-state index contributed by atoms with van der Waals surface area (Å²) in [4.78, 5) is 25.0. The Bertz CT molecular complexity index is 755. The summed E-state index contributed by atoms with van der Waals surface area (Å²) in [5.74, 6) is 0.239. The zero-order chi connectivity index (χ0) is 17.0. The summed E-state index contributed by atoms with van der Waals surface area (Å²) in [6.07, 6.45) is 0. The number of Topliss-reactive ketones (excluding diaryl/α,β-unsaturated/α-hetero) is 2. The van der Waals surface area contributed by atoms with Gasteiger partial charge in [0.05, 0.1) is 24.9 Å². The van der Waals surface area contributed by atoms with Crippen molar-refractivity contribution in [3.05, 3.63) is 51.1 Å². The predicted octanol–water partition coefficient (Wildman–Crippen LogP) is 3.38. The number of hydrogen-bond acceptors (Lipinski definition) is 5. The van der Waals surface area contributed by atoms with Crippen molar-refractivity contribution in [3.8, 4) is 17.2 Å². The number of halogens is 1. The highest BCUT2D eigenvalue weighted by atomic mass is 127. The highest BCUT2D eigenvalue weighted by Gasteiger charge is 2.24. The van der Waals surface area contributed by atoms with Crippen molar-refractivity contribution in [2.75, 3.05) is 21.3 Å². The zero-order valence-electron chi connectivity index (χ0n) is 12.9. The number of rotatable bonds is 6. The largest absolute Gasteiger partial charge is 0.497 e. The molecule has 0 heterocycles. The highest BCUT2D eigenvalue weighted by molar-refractivity contribution is 14.1. The van der Waals surface area contributed by atoms with E-state index in [1.807, 2.05) is 22.6 Å². The van der Waals surface area contributed by atoms with E-state index >= 15 is 0 Å². The molecule has 0 amide bonds. The molecule has 0 bridgehead atoms. The fourth-order valence-corrected chi connectivity index (χ4v) is 2.99. The van der Waals surface area contributed by atoms with E-state index < -0.39 is 11.6 Å². The van der Waals surface area contributed by atoms with E-state index in [9.17, 15) is 9.59 Å². The molecule has 0 N–H and O–H groups in total. The first kappa shape index (κ1) is 17.3. The predicted molar refractivity (Wildman–Crippen MR) is 93.9 cm³/mol. The first-order valence-corrected chi connectivity index (χ1v) is 7.75. The molecule has 0 atom stereocenters. The molecule has 0 radical (unpaired) electrons. The molecule has 0 saturated heterocycles. The van der Waals surface area contributed by atoms with Crippen molar-refractivity contribution < 1.29 is 23.8 Å². The van der Waals surface area contributed by atoms with Gasteiger partial charge in [0.2, 0.25) is 11.6 Å². The molecule has 0 fully saturated rings. The molecule has 2 aromatic carbocycles. The lowest BCUT2D eigenvalue weighted by molar-refractivity contribution is 0.0816. The molecule has 0 unspecified atom stereocenters. The third kappa shape index (κ3) is 3.47. The molecule has 2 rings (SSSR count). The van der Waals surface area contributed by atoms with Gasteiger partial charge < -0.3 is 14.2 Å². The van der Waals surface area contributed by atoms with E-state index in [-0.39, 0.29) is 11.1 Å². The van der Waals surface area contributed by atoms with Gasteiger partial charge in [-0.2, -0.15) is 0 Å². The molecular formula is C17H15IO5. The molecule has 0 aliphatic rings. The number of ketones is 2. The van der Waals surface area contributed by atoms with Crippen LogP contribution in [0.15, 0.2) is 36.4 Å². The van der Waals surface area contributed by atoms with E-state index in [1.54, 1.807) is 30.3 Å². The van der Waals surface area contributed by atoms with Crippen molar-refractivity contribution in [3.63, 3.8) is 0 Å². The van der Waals surface area contributed by atoms with E-state index in [0.717, 1.165) is 0 Å². The molecular weight excluding hydrogens is 411 g/mol. The number of benzene rings is 2. The minimum absolute atomic E-state index is 0.274. The number of ether oxygens (including phenoxy) is 3. The highest BCUT2D eigenvalue weighted by Crippen LogP contribution is 2.35. The van der Waals surface area contributed by atoms with Crippen molar-refractivity contribution >= 4 is 34.2 Å². The molecule has 0 saturated carbocycles. The lowest BCUT2D eigenvalue weighted by Gasteiger charge is -2.12. The van der Waals surface area contributed by atoms with Crippen LogP contribution in [-0.2, 0) is 0 Å². The van der Waals surface area contributed by atoms with Crippen LogP contribution in [0.1, 0.15) is 20.7 Å². The summed E-state index contributed by atoms with van der Waals surface area (Å²) >= 11 is 1.97. The van der Waals surface area contributed by atoms with Crippen LogP contribution in [0.25, 0.3) is 0 Å². The summed E-state index contributed by atoms with van der Waals surface area (Å²) in [5.41, 5.74) is 0.552. The second-order valence-corrected chi connectivity index (χ2v) is 5.63. The average molecular weight is 426 g/mol. The molecule has 120 valence electrons. The minimum Gasteiger partial charge on any atom is -0.497 e. The molecule has 23 heavy (non-hydrogen) atoms. The van der Waals surface area contributed by atoms with Gasteiger partial charge in [-0.3, -0.25) is 9.59 Å². The molecule has 2 aromatic rings. The van der Waals surface area contributed by atoms with Crippen LogP contribution < -0.4 is 14.2 Å². The number of carbonyl (C=O) groups is 2. The molecule has 0 aromatic heterocycles. The van der Waals surface area contributed by atoms with Gasteiger partial charge in [-0.1, -0.05) is 12.1 Å². The lowest BCUT2D eigenvalue weighted by atomic mass is 10.0. The summed E-state index contributed by atoms with van der Waals surface area (Å²) in [6.45, 7) is 0. The second-order valence-electron chi connectivity index (χ2n) is 4.55. The number of methoxy groups -OCH3 is 3. The van der Waals surface area contributed by atoms with Crippen molar-refractivity contribution in [1.29, 1.82) is 0 Å². The normalized spacial score (nSPS) is 10.1. The Labute approximate surface area is 147 Å². The Morgan fingerprint density at radius 1 is 0.913 bits per heavy atom. The Hall–Kier alpha value is -2.09. The molecule has 6 heteroatoms.